The summed E-state index contributed by atoms with van der Waals surface area (Å²) in [7, 11) is 0. The van der Waals surface area contributed by atoms with E-state index in [1.807, 2.05) is 29.3 Å². The van der Waals surface area contributed by atoms with Crippen molar-refractivity contribution in [1.29, 1.82) is 0 Å². The van der Waals surface area contributed by atoms with Crippen LogP contribution in [0.4, 0.5) is 11.5 Å². The van der Waals surface area contributed by atoms with E-state index >= 15 is 0 Å². The monoisotopic (exact) mass is 454 g/mol. The van der Waals surface area contributed by atoms with Crippen LogP contribution in [-0.4, -0.2) is 55.1 Å². The van der Waals surface area contributed by atoms with Crippen LogP contribution in [-0.2, 0) is 4.79 Å². The number of hydrogen-bond donors (Lipinski definition) is 0. The van der Waals surface area contributed by atoms with Crippen LogP contribution in [0.2, 0.25) is 5.02 Å². The van der Waals surface area contributed by atoms with E-state index in [-0.39, 0.29) is 11.8 Å². The number of halogens is 1. The molecule has 31 heavy (non-hydrogen) atoms. The van der Waals surface area contributed by atoms with Gasteiger partial charge in [0.1, 0.15) is 5.82 Å². The molecule has 1 amide bonds. The topological polar surface area (TPSA) is 39.7 Å². The van der Waals surface area contributed by atoms with Gasteiger partial charge in [-0.2, -0.15) is 0 Å². The highest BCUT2D eigenvalue weighted by atomic mass is 35.5. The largest absolute Gasteiger partial charge is 0.367 e. The molecule has 5 nitrogen and oxygen atoms in total. The number of benzene rings is 1. The second-order valence-corrected chi connectivity index (χ2v) is 10.1. The Morgan fingerprint density at radius 1 is 1.10 bits per heavy atom. The Balaban J connectivity index is 1.25. The molecule has 4 heterocycles. The van der Waals surface area contributed by atoms with E-state index in [2.05, 4.69) is 34.9 Å². The second kappa shape index (κ2) is 8.67. The number of nitrogens with zero attached hydrogens (tertiary/aromatic N) is 4. The molecular weight excluding hydrogens is 428 g/mol. The Bertz CT molecular complexity index is 1090. The molecule has 0 aliphatic carbocycles. The number of para-hydroxylation sites is 1. The summed E-state index contributed by atoms with van der Waals surface area (Å²) in [6.07, 6.45) is 3.88. The van der Waals surface area contributed by atoms with Crippen LogP contribution in [0.1, 0.15) is 17.7 Å². The molecule has 7 heteroatoms. The first-order chi connectivity index (χ1) is 15.1. The summed E-state index contributed by atoms with van der Waals surface area (Å²) in [5, 5.41) is 1.99. The fourth-order valence-electron chi connectivity index (χ4n) is 4.83. The van der Waals surface area contributed by atoms with Crippen LogP contribution in [0.15, 0.2) is 42.6 Å². The molecule has 2 fully saturated rings. The Labute approximate surface area is 192 Å². The lowest BCUT2D eigenvalue weighted by Crippen LogP contribution is -2.52. The summed E-state index contributed by atoms with van der Waals surface area (Å²) >= 11 is 8.17. The Morgan fingerprint density at radius 3 is 2.71 bits per heavy atom. The molecule has 162 valence electrons. The lowest BCUT2D eigenvalue weighted by Gasteiger charge is -2.40. The minimum absolute atomic E-state index is 0.0393. The van der Waals surface area contributed by atoms with Crippen molar-refractivity contribution >= 4 is 50.4 Å². The third-order valence-corrected chi connectivity index (χ3v) is 7.74. The van der Waals surface area contributed by atoms with Gasteiger partial charge in [-0.3, -0.25) is 4.79 Å². The summed E-state index contributed by atoms with van der Waals surface area (Å²) in [6, 6.07) is 12.3. The van der Waals surface area contributed by atoms with E-state index in [9.17, 15) is 4.79 Å². The normalized spacial score (nSPS) is 19.8. The number of aryl methyl sites for hydroxylation is 1. The Hall–Kier alpha value is -2.31. The third-order valence-electron chi connectivity index (χ3n) is 6.40. The quantitative estimate of drug-likeness (QED) is 0.568. The van der Waals surface area contributed by atoms with Crippen molar-refractivity contribution in [3.63, 3.8) is 0 Å². The van der Waals surface area contributed by atoms with Gasteiger partial charge in [0.25, 0.3) is 0 Å². The first kappa shape index (κ1) is 20.6. The second-order valence-electron chi connectivity index (χ2n) is 8.45. The van der Waals surface area contributed by atoms with Crippen molar-refractivity contribution in [1.82, 2.24) is 9.88 Å². The van der Waals surface area contributed by atoms with Gasteiger partial charge >= 0.3 is 0 Å². The zero-order valence-electron chi connectivity index (χ0n) is 17.8. The molecule has 5 rings (SSSR count). The van der Waals surface area contributed by atoms with Crippen molar-refractivity contribution in [2.45, 2.75) is 19.8 Å². The van der Waals surface area contributed by atoms with Crippen molar-refractivity contribution in [3.05, 3.63) is 52.5 Å². The number of piperazine rings is 1. The number of anilines is 2. The molecule has 2 saturated heterocycles. The summed E-state index contributed by atoms with van der Waals surface area (Å²) in [5.74, 6) is 1.36. The highest BCUT2D eigenvalue weighted by Crippen LogP contribution is 2.34. The third kappa shape index (κ3) is 4.11. The molecule has 2 aliphatic rings. The number of aromatic nitrogens is 1. The number of rotatable bonds is 3. The first-order valence-corrected chi connectivity index (χ1v) is 12.2. The first-order valence-electron chi connectivity index (χ1n) is 11.0. The molecule has 0 spiro atoms. The van der Waals surface area contributed by atoms with Gasteiger partial charge in [0, 0.05) is 60.4 Å². The van der Waals surface area contributed by atoms with Crippen LogP contribution in [0.25, 0.3) is 10.1 Å². The molecule has 3 aromatic rings. The van der Waals surface area contributed by atoms with E-state index < -0.39 is 0 Å². The molecule has 2 aromatic heterocycles. The minimum Gasteiger partial charge on any atom is -0.367 e. The van der Waals surface area contributed by atoms with E-state index in [1.54, 1.807) is 11.3 Å². The summed E-state index contributed by atoms with van der Waals surface area (Å²) in [5.41, 5.74) is 1.06. The fourth-order valence-corrected chi connectivity index (χ4v) is 6.00. The van der Waals surface area contributed by atoms with Gasteiger partial charge in [0.15, 0.2) is 0 Å². The molecule has 0 saturated carbocycles. The number of pyridine rings is 1. The van der Waals surface area contributed by atoms with Crippen molar-refractivity contribution < 1.29 is 4.79 Å². The van der Waals surface area contributed by atoms with Crippen molar-refractivity contribution in [2.24, 2.45) is 5.92 Å². The summed E-state index contributed by atoms with van der Waals surface area (Å²) in [4.78, 5) is 26.0. The molecule has 2 aliphatic heterocycles. The molecule has 0 bridgehead atoms. The highest BCUT2D eigenvalue weighted by molar-refractivity contribution is 7.19. The molecule has 0 N–H and O–H groups in total. The van der Waals surface area contributed by atoms with Crippen molar-refractivity contribution in [3.8, 4) is 0 Å². The number of piperidine rings is 1. The zero-order valence-corrected chi connectivity index (χ0v) is 19.3. The fraction of sp³-hybridized carbons (Fsp3) is 0.417. The standard InChI is InChI=1S/C24H27ClN4OS/c1-17-15-19-22(31-17)8-9-26-23(19)29-10-4-5-18(16-29)24(30)28-13-11-27(12-14-28)21-7-3-2-6-20(21)25/h2-3,6-9,15,18H,4-5,10-14,16H2,1H3/t18-/m0/s1. The maximum Gasteiger partial charge on any atom is 0.227 e. The number of amides is 1. The molecular formula is C24H27ClN4OS. The lowest BCUT2D eigenvalue weighted by atomic mass is 9.96. The average Bonchev–Trinajstić information content (AvgIpc) is 3.19. The average molecular weight is 455 g/mol. The van der Waals surface area contributed by atoms with Gasteiger partial charge in [0.05, 0.1) is 16.6 Å². The number of carbonyl (C=O) groups excluding carboxylic acids is 1. The lowest BCUT2D eigenvalue weighted by molar-refractivity contribution is -0.136. The predicted molar refractivity (Wildman–Crippen MR) is 130 cm³/mol. The minimum atomic E-state index is 0.0393. The number of carbonyl (C=O) groups is 1. The van der Waals surface area contributed by atoms with Crippen LogP contribution < -0.4 is 9.80 Å². The molecule has 1 aromatic carbocycles. The highest BCUT2D eigenvalue weighted by Gasteiger charge is 2.32. The van der Waals surface area contributed by atoms with E-state index in [0.717, 1.165) is 68.6 Å². The van der Waals surface area contributed by atoms with Crippen LogP contribution in [0.5, 0.6) is 0 Å². The molecule has 0 unspecified atom stereocenters. The SMILES string of the molecule is Cc1cc2c(N3CCC[C@H](C(=O)N4CCN(c5ccccc5Cl)CC4)C3)nccc2s1. The summed E-state index contributed by atoms with van der Waals surface area (Å²) in [6.45, 7) is 6.99. The van der Waals surface area contributed by atoms with Gasteiger partial charge in [-0.15, -0.1) is 11.3 Å². The van der Waals surface area contributed by atoms with Gasteiger partial charge in [-0.1, -0.05) is 23.7 Å². The van der Waals surface area contributed by atoms with E-state index in [4.69, 9.17) is 16.6 Å². The van der Waals surface area contributed by atoms with Crippen LogP contribution in [0.3, 0.4) is 0 Å². The number of hydrogen-bond acceptors (Lipinski definition) is 5. The van der Waals surface area contributed by atoms with Crippen LogP contribution in [0, 0.1) is 12.8 Å². The smallest absolute Gasteiger partial charge is 0.227 e. The maximum absolute atomic E-state index is 13.3. The zero-order chi connectivity index (χ0) is 21.4. The predicted octanol–water partition coefficient (Wildman–Crippen LogP) is 4.82. The van der Waals surface area contributed by atoms with Gasteiger partial charge in [0.2, 0.25) is 5.91 Å². The maximum atomic E-state index is 13.3. The molecule has 0 radical (unpaired) electrons. The van der Waals surface area contributed by atoms with Gasteiger partial charge in [-0.05, 0) is 44.0 Å². The number of fused-ring (bicyclic) bond motifs is 1. The Kier molecular flexibility index (Phi) is 5.76. The Morgan fingerprint density at radius 2 is 1.90 bits per heavy atom. The van der Waals surface area contributed by atoms with E-state index in [1.165, 1.54) is 15.0 Å². The summed E-state index contributed by atoms with van der Waals surface area (Å²) < 4.78 is 1.27. The van der Waals surface area contributed by atoms with Gasteiger partial charge < -0.3 is 14.7 Å². The molecule has 1 atom stereocenters. The van der Waals surface area contributed by atoms with Gasteiger partial charge in [-0.25, -0.2) is 4.98 Å². The van der Waals surface area contributed by atoms with Crippen molar-refractivity contribution in [2.75, 3.05) is 49.1 Å². The van der Waals surface area contributed by atoms with Crippen LogP contribution >= 0.6 is 22.9 Å². The van der Waals surface area contributed by atoms with E-state index in [0.29, 0.717) is 0 Å². The number of thiophene rings is 1.